The lowest BCUT2D eigenvalue weighted by molar-refractivity contribution is -0.145. The van der Waals surface area contributed by atoms with Gasteiger partial charge in [-0.25, -0.2) is 17.2 Å². The maximum absolute atomic E-state index is 13.6. The third-order valence-corrected chi connectivity index (χ3v) is 8.93. The summed E-state index contributed by atoms with van der Waals surface area (Å²) >= 11 is 0. The number of nitrogens with zero attached hydrogens (tertiary/aromatic N) is 3. The van der Waals surface area contributed by atoms with E-state index >= 15 is 0 Å². The molecule has 3 saturated heterocycles. The number of rotatable bonds is 3. The minimum absolute atomic E-state index is 0.165. The standard InChI is InChI=1S/C21H29F2N3O3S/c1-24-8-4-5-21(19(24)20(27)25-9-2-3-10-25)6-11-26(12-7-21)30(28,29)18-14-16(22)13-17(23)15-18/h13-15,19H,2-12H2,1H3. The second-order valence-corrected chi connectivity index (χ2v) is 10.8. The first kappa shape index (κ1) is 21.6. The summed E-state index contributed by atoms with van der Waals surface area (Å²) in [5, 5.41) is 0. The third kappa shape index (κ3) is 3.87. The molecule has 3 fully saturated rings. The number of halogens is 2. The smallest absolute Gasteiger partial charge is 0.243 e. The molecular weight excluding hydrogens is 412 g/mol. The van der Waals surface area contributed by atoms with E-state index in [1.54, 1.807) is 0 Å². The molecule has 1 aromatic rings. The van der Waals surface area contributed by atoms with E-state index in [2.05, 4.69) is 4.90 Å². The van der Waals surface area contributed by atoms with Crippen molar-refractivity contribution >= 4 is 15.9 Å². The van der Waals surface area contributed by atoms with Gasteiger partial charge in [0.15, 0.2) is 0 Å². The summed E-state index contributed by atoms with van der Waals surface area (Å²) in [6.07, 6.45) is 5.07. The highest BCUT2D eigenvalue weighted by atomic mass is 32.2. The molecule has 3 heterocycles. The van der Waals surface area contributed by atoms with Crippen LogP contribution in [0.15, 0.2) is 23.1 Å². The van der Waals surface area contributed by atoms with Crippen LogP contribution in [0.4, 0.5) is 8.78 Å². The van der Waals surface area contributed by atoms with Gasteiger partial charge in [0.2, 0.25) is 15.9 Å². The molecule has 1 amide bonds. The summed E-state index contributed by atoms with van der Waals surface area (Å²) in [6, 6.07) is 2.14. The van der Waals surface area contributed by atoms with Gasteiger partial charge in [0, 0.05) is 32.2 Å². The van der Waals surface area contributed by atoms with Crippen molar-refractivity contribution < 1.29 is 22.0 Å². The number of sulfonamides is 1. The van der Waals surface area contributed by atoms with Gasteiger partial charge in [-0.15, -0.1) is 0 Å². The van der Waals surface area contributed by atoms with Crippen LogP contribution in [0.2, 0.25) is 0 Å². The molecule has 0 aromatic heterocycles. The number of likely N-dealkylation sites (tertiary alicyclic amines) is 2. The molecule has 1 unspecified atom stereocenters. The monoisotopic (exact) mass is 441 g/mol. The molecule has 1 aromatic carbocycles. The van der Waals surface area contributed by atoms with E-state index in [1.165, 1.54) is 4.31 Å². The van der Waals surface area contributed by atoms with E-state index in [-0.39, 0.29) is 35.3 Å². The van der Waals surface area contributed by atoms with Crippen molar-refractivity contribution in [3.8, 4) is 0 Å². The van der Waals surface area contributed by atoms with Crippen LogP contribution in [0.1, 0.15) is 38.5 Å². The normalized spacial score (nSPS) is 25.7. The molecule has 0 N–H and O–H groups in total. The molecule has 166 valence electrons. The number of hydrogen-bond acceptors (Lipinski definition) is 4. The number of hydrogen-bond donors (Lipinski definition) is 0. The van der Waals surface area contributed by atoms with Gasteiger partial charge in [-0.1, -0.05) is 0 Å². The van der Waals surface area contributed by atoms with Crippen LogP contribution in [0, 0.1) is 17.0 Å². The van der Waals surface area contributed by atoms with Crippen LogP contribution in [-0.4, -0.2) is 74.2 Å². The van der Waals surface area contributed by atoms with Crippen molar-refractivity contribution in [2.75, 3.05) is 39.8 Å². The Balaban J connectivity index is 1.54. The summed E-state index contributed by atoms with van der Waals surface area (Å²) in [4.78, 5) is 17.1. The van der Waals surface area contributed by atoms with Gasteiger partial charge in [-0.05, 0) is 69.7 Å². The van der Waals surface area contributed by atoms with Gasteiger partial charge in [0.1, 0.15) is 11.6 Å². The highest BCUT2D eigenvalue weighted by Crippen LogP contribution is 2.45. The molecule has 3 aliphatic rings. The lowest BCUT2D eigenvalue weighted by atomic mass is 9.66. The number of amides is 1. The maximum Gasteiger partial charge on any atom is 0.243 e. The molecule has 0 aliphatic carbocycles. The largest absolute Gasteiger partial charge is 0.341 e. The molecule has 1 spiro atoms. The number of carbonyl (C=O) groups excluding carboxylic acids is 1. The molecule has 9 heteroatoms. The average molecular weight is 442 g/mol. The summed E-state index contributed by atoms with van der Waals surface area (Å²) in [5.41, 5.74) is -0.258. The summed E-state index contributed by atoms with van der Waals surface area (Å²) in [7, 11) is -2.00. The Labute approximate surface area is 176 Å². The van der Waals surface area contributed by atoms with Crippen molar-refractivity contribution in [2.24, 2.45) is 5.41 Å². The van der Waals surface area contributed by atoms with Crippen molar-refractivity contribution in [2.45, 2.75) is 49.5 Å². The van der Waals surface area contributed by atoms with E-state index in [9.17, 15) is 22.0 Å². The first-order chi connectivity index (χ1) is 14.2. The zero-order valence-electron chi connectivity index (χ0n) is 17.3. The lowest BCUT2D eigenvalue weighted by Gasteiger charge is -2.52. The quantitative estimate of drug-likeness (QED) is 0.723. The minimum atomic E-state index is -3.98. The van der Waals surface area contributed by atoms with Gasteiger partial charge >= 0.3 is 0 Å². The SMILES string of the molecule is CN1CCCC2(CCN(S(=O)(=O)c3cc(F)cc(F)c3)CC2)C1C(=O)N1CCCC1. The molecule has 4 rings (SSSR count). The van der Waals surface area contributed by atoms with Gasteiger partial charge < -0.3 is 4.90 Å². The van der Waals surface area contributed by atoms with Crippen LogP contribution in [0.25, 0.3) is 0 Å². The van der Waals surface area contributed by atoms with E-state index in [0.29, 0.717) is 18.9 Å². The first-order valence-electron chi connectivity index (χ1n) is 10.7. The van der Waals surface area contributed by atoms with E-state index in [0.717, 1.165) is 57.5 Å². The molecule has 6 nitrogen and oxygen atoms in total. The van der Waals surface area contributed by atoms with E-state index in [4.69, 9.17) is 0 Å². The molecule has 3 aliphatic heterocycles. The van der Waals surface area contributed by atoms with Gasteiger partial charge in [0.25, 0.3) is 0 Å². The van der Waals surface area contributed by atoms with Crippen molar-refractivity contribution in [3.63, 3.8) is 0 Å². The second kappa shape index (κ2) is 8.16. The molecular formula is C21H29F2N3O3S. The first-order valence-corrected chi connectivity index (χ1v) is 12.1. The predicted octanol–water partition coefficient (Wildman–Crippen LogP) is 2.45. The van der Waals surface area contributed by atoms with Crippen LogP contribution in [-0.2, 0) is 14.8 Å². The second-order valence-electron chi connectivity index (χ2n) is 8.89. The maximum atomic E-state index is 13.6. The van der Waals surface area contributed by atoms with Crippen molar-refractivity contribution in [3.05, 3.63) is 29.8 Å². The molecule has 0 bridgehead atoms. The van der Waals surface area contributed by atoms with Crippen LogP contribution < -0.4 is 0 Å². The summed E-state index contributed by atoms with van der Waals surface area (Å²) < 4.78 is 54.4. The Morgan fingerprint density at radius 2 is 1.53 bits per heavy atom. The summed E-state index contributed by atoms with van der Waals surface area (Å²) in [6.45, 7) is 2.95. The highest BCUT2D eigenvalue weighted by molar-refractivity contribution is 7.89. The van der Waals surface area contributed by atoms with Crippen molar-refractivity contribution in [1.29, 1.82) is 0 Å². The average Bonchev–Trinajstić information content (AvgIpc) is 3.22. The lowest BCUT2D eigenvalue weighted by Crippen LogP contribution is -2.61. The zero-order chi connectivity index (χ0) is 21.5. The van der Waals surface area contributed by atoms with Gasteiger partial charge in [-0.3, -0.25) is 9.69 Å². The fourth-order valence-corrected chi connectivity index (χ4v) is 6.98. The Kier molecular flexibility index (Phi) is 5.89. The Bertz CT molecular complexity index is 890. The van der Waals surface area contributed by atoms with Crippen LogP contribution >= 0.6 is 0 Å². The molecule has 30 heavy (non-hydrogen) atoms. The Hall–Kier alpha value is -1.58. The fraction of sp³-hybridized carbons (Fsp3) is 0.667. The fourth-order valence-electron chi connectivity index (χ4n) is 5.50. The Morgan fingerprint density at radius 1 is 0.933 bits per heavy atom. The molecule has 0 saturated carbocycles. The van der Waals surface area contributed by atoms with Crippen molar-refractivity contribution in [1.82, 2.24) is 14.1 Å². The molecule has 0 radical (unpaired) electrons. The topological polar surface area (TPSA) is 60.9 Å². The minimum Gasteiger partial charge on any atom is -0.341 e. The van der Waals surface area contributed by atoms with Crippen LogP contribution in [0.3, 0.4) is 0 Å². The molecule has 1 atom stereocenters. The predicted molar refractivity (Wildman–Crippen MR) is 108 cm³/mol. The van der Waals surface area contributed by atoms with Gasteiger partial charge in [0.05, 0.1) is 10.9 Å². The number of piperidine rings is 2. The third-order valence-electron chi connectivity index (χ3n) is 7.05. The van der Waals surface area contributed by atoms with E-state index < -0.39 is 21.7 Å². The Morgan fingerprint density at radius 3 is 2.13 bits per heavy atom. The van der Waals surface area contributed by atoms with Gasteiger partial charge in [-0.2, -0.15) is 4.31 Å². The number of likely N-dealkylation sites (N-methyl/N-ethyl adjacent to an activating group) is 1. The zero-order valence-corrected chi connectivity index (χ0v) is 18.1. The summed E-state index contributed by atoms with van der Waals surface area (Å²) in [5.74, 6) is -1.65. The number of carbonyl (C=O) groups is 1. The van der Waals surface area contributed by atoms with E-state index in [1.807, 2.05) is 11.9 Å². The van der Waals surface area contributed by atoms with Crippen LogP contribution in [0.5, 0.6) is 0 Å². The number of benzene rings is 1. The highest BCUT2D eigenvalue weighted by Gasteiger charge is 2.51.